The molecule has 4 aliphatic rings. The summed E-state index contributed by atoms with van der Waals surface area (Å²) in [5.74, 6) is -0.893. The van der Waals surface area contributed by atoms with Gasteiger partial charge < -0.3 is 10.2 Å². The molecule has 4 aromatic carbocycles. The molecule has 1 N–H and O–H groups in total. The van der Waals surface area contributed by atoms with Crippen LogP contribution in [0.3, 0.4) is 0 Å². The molecular formula is C32H16Br2N2O3. The Balaban J connectivity index is 1.58. The number of anilines is 2. The van der Waals surface area contributed by atoms with Gasteiger partial charge in [-0.3, -0.25) is 14.4 Å². The van der Waals surface area contributed by atoms with Crippen molar-refractivity contribution in [1.29, 1.82) is 0 Å². The monoisotopic (exact) mass is 634 g/mol. The van der Waals surface area contributed by atoms with E-state index in [-0.39, 0.29) is 11.6 Å². The number of hydrogen-bond donors (Lipinski definition) is 1. The molecule has 2 aliphatic heterocycles. The van der Waals surface area contributed by atoms with E-state index in [0.29, 0.717) is 44.9 Å². The predicted molar refractivity (Wildman–Crippen MR) is 156 cm³/mol. The van der Waals surface area contributed by atoms with Crippen LogP contribution in [0.4, 0.5) is 11.4 Å². The van der Waals surface area contributed by atoms with E-state index in [1.807, 2.05) is 83.8 Å². The Morgan fingerprint density at radius 2 is 1.13 bits per heavy atom. The predicted octanol–water partition coefficient (Wildman–Crippen LogP) is 7.14. The van der Waals surface area contributed by atoms with Crippen LogP contribution < -0.4 is 10.2 Å². The van der Waals surface area contributed by atoms with Crippen molar-refractivity contribution in [2.45, 2.75) is 5.41 Å². The summed E-state index contributed by atoms with van der Waals surface area (Å²) in [7, 11) is 0. The van der Waals surface area contributed by atoms with Gasteiger partial charge >= 0.3 is 0 Å². The Kier molecular flexibility index (Phi) is 4.54. The van der Waals surface area contributed by atoms with Crippen molar-refractivity contribution in [3.8, 4) is 0 Å². The van der Waals surface area contributed by atoms with Crippen molar-refractivity contribution in [2.24, 2.45) is 0 Å². The molecule has 0 fully saturated rings. The molecule has 39 heavy (non-hydrogen) atoms. The lowest BCUT2D eigenvalue weighted by Crippen LogP contribution is -2.47. The van der Waals surface area contributed by atoms with Crippen LogP contribution in [0.2, 0.25) is 0 Å². The molecule has 0 aromatic heterocycles. The Morgan fingerprint density at radius 3 is 1.69 bits per heavy atom. The van der Waals surface area contributed by atoms with Gasteiger partial charge in [0.1, 0.15) is 5.41 Å². The minimum Gasteiger partial charge on any atom is -0.324 e. The highest BCUT2D eigenvalue weighted by Crippen LogP contribution is 2.62. The van der Waals surface area contributed by atoms with E-state index in [4.69, 9.17) is 0 Å². The highest BCUT2D eigenvalue weighted by molar-refractivity contribution is 9.10. The van der Waals surface area contributed by atoms with Crippen molar-refractivity contribution < 1.29 is 14.4 Å². The lowest BCUT2D eigenvalue weighted by Gasteiger charge is -2.41. The third-order valence-corrected chi connectivity index (χ3v) is 9.06. The summed E-state index contributed by atoms with van der Waals surface area (Å²) < 4.78 is 1.66. The first-order chi connectivity index (χ1) is 18.9. The second-order valence-corrected chi connectivity index (χ2v) is 11.7. The maximum atomic E-state index is 14.4. The van der Waals surface area contributed by atoms with Gasteiger partial charge in [0.25, 0.3) is 0 Å². The fraction of sp³-hybridized carbons (Fsp3) is 0.0312. The van der Waals surface area contributed by atoms with Crippen LogP contribution in [0.25, 0.3) is 11.4 Å². The van der Waals surface area contributed by atoms with Gasteiger partial charge in [0.2, 0.25) is 5.91 Å². The summed E-state index contributed by atoms with van der Waals surface area (Å²) in [6, 6.07) is 28.1. The molecule has 8 rings (SSSR count). The number of carbonyl (C=O) groups excluding carboxylic acids is 3. The highest BCUT2D eigenvalue weighted by atomic mass is 79.9. The topological polar surface area (TPSA) is 66.5 Å². The number of halogens is 2. The molecule has 1 spiro atoms. The van der Waals surface area contributed by atoms with E-state index in [2.05, 4.69) is 37.2 Å². The number of rotatable bonds is 1. The van der Waals surface area contributed by atoms with Crippen molar-refractivity contribution in [1.82, 2.24) is 0 Å². The molecule has 0 saturated carbocycles. The van der Waals surface area contributed by atoms with Crippen LogP contribution in [-0.2, 0) is 10.2 Å². The van der Waals surface area contributed by atoms with Gasteiger partial charge in [0, 0.05) is 59.3 Å². The zero-order valence-corrected chi connectivity index (χ0v) is 23.3. The highest BCUT2D eigenvalue weighted by Gasteiger charge is 2.64. The minimum absolute atomic E-state index is 0.249. The zero-order chi connectivity index (χ0) is 26.6. The van der Waals surface area contributed by atoms with E-state index in [1.54, 1.807) is 12.1 Å². The molecule has 0 atom stereocenters. The van der Waals surface area contributed by atoms with Crippen LogP contribution >= 0.6 is 31.9 Å². The molecule has 4 aromatic rings. The molecule has 5 nitrogen and oxygen atoms in total. The minimum atomic E-state index is -1.61. The van der Waals surface area contributed by atoms with Crippen molar-refractivity contribution in [3.63, 3.8) is 0 Å². The molecular weight excluding hydrogens is 620 g/mol. The molecule has 1 amide bonds. The first-order valence-corrected chi connectivity index (χ1v) is 14.0. The molecule has 2 aliphatic carbocycles. The maximum absolute atomic E-state index is 14.4. The fourth-order valence-corrected chi connectivity index (χ4v) is 7.17. The van der Waals surface area contributed by atoms with Crippen molar-refractivity contribution in [2.75, 3.05) is 10.2 Å². The number of amides is 1. The van der Waals surface area contributed by atoms with Gasteiger partial charge in [-0.25, -0.2) is 0 Å². The molecule has 0 bridgehead atoms. The summed E-state index contributed by atoms with van der Waals surface area (Å²) in [5.41, 5.74) is 4.74. The Morgan fingerprint density at radius 1 is 0.615 bits per heavy atom. The summed E-state index contributed by atoms with van der Waals surface area (Å²) in [6.45, 7) is 0. The second-order valence-electron chi connectivity index (χ2n) is 9.90. The molecule has 0 radical (unpaired) electrons. The van der Waals surface area contributed by atoms with Gasteiger partial charge in [0.15, 0.2) is 11.6 Å². The fourth-order valence-electron chi connectivity index (χ4n) is 6.54. The zero-order valence-electron chi connectivity index (χ0n) is 20.1. The van der Waals surface area contributed by atoms with Crippen LogP contribution in [0.5, 0.6) is 0 Å². The van der Waals surface area contributed by atoms with Gasteiger partial charge in [-0.2, -0.15) is 0 Å². The molecule has 7 heteroatoms. The number of nitrogens with zero attached hydrogens (tertiary/aromatic N) is 1. The standard InChI is InChI=1S/C32H16Br2N2O3/c33-16-9-12-18(13-10-16)36-27-19-5-1-3-7-21(19)29(37)25(27)32(23-15-17(34)11-14-24(23)35-31(32)39)26-28(36)20-6-2-4-8-22(20)30(26)38/h1-15H,(H,35,39). The van der Waals surface area contributed by atoms with E-state index >= 15 is 0 Å². The Labute approximate surface area is 240 Å². The maximum Gasteiger partial charge on any atom is 0.244 e. The molecule has 2 heterocycles. The van der Waals surface area contributed by atoms with Gasteiger partial charge in [0.05, 0.1) is 11.4 Å². The Bertz CT molecular complexity index is 1840. The number of fused-ring (bicyclic) bond motifs is 8. The summed E-state index contributed by atoms with van der Waals surface area (Å²) in [4.78, 5) is 45.2. The number of nitrogens with one attached hydrogen (secondary N) is 1. The number of hydrogen-bond acceptors (Lipinski definition) is 4. The molecule has 0 saturated heterocycles. The Hall–Kier alpha value is -4.07. The van der Waals surface area contributed by atoms with E-state index in [9.17, 15) is 14.4 Å². The lowest BCUT2D eigenvalue weighted by atomic mass is 9.65. The summed E-state index contributed by atoms with van der Waals surface area (Å²) in [5, 5.41) is 3.01. The average molecular weight is 636 g/mol. The van der Waals surface area contributed by atoms with Crippen LogP contribution in [-0.4, -0.2) is 17.5 Å². The molecule has 186 valence electrons. The van der Waals surface area contributed by atoms with E-state index in [1.165, 1.54) is 0 Å². The third-order valence-electron chi connectivity index (χ3n) is 8.04. The van der Waals surface area contributed by atoms with Crippen LogP contribution in [0.1, 0.15) is 37.4 Å². The largest absolute Gasteiger partial charge is 0.324 e. The van der Waals surface area contributed by atoms with Gasteiger partial charge in [-0.05, 0) is 42.5 Å². The number of ketones is 2. The number of Topliss-reactive ketones (excluding diaryl/α,β-unsaturated/α-hetero) is 2. The third kappa shape index (κ3) is 2.71. The first-order valence-electron chi connectivity index (χ1n) is 12.4. The van der Waals surface area contributed by atoms with Gasteiger partial charge in [-0.1, -0.05) is 80.4 Å². The normalized spacial score (nSPS) is 17.8. The summed E-state index contributed by atoms with van der Waals surface area (Å²) in [6.07, 6.45) is 0. The smallest absolute Gasteiger partial charge is 0.244 e. The van der Waals surface area contributed by atoms with Crippen molar-refractivity contribution in [3.05, 3.63) is 139 Å². The van der Waals surface area contributed by atoms with E-state index < -0.39 is 11.3 Å². The van der Waals surface area contributed by atoms with Crippen molar-refractivity contribution >= 4 is 72.1 Å². The summed E-state index contributed by atoms with van der Waals surface area (Å²) >= 11 is 7.09. The number of carbonyl (C=O) groups is 3. The van der Waals surface area contributed by atoms with E-state index in [0.717, 1.165) is 25.8 Å². The van der Waals surface area contributed by atoms with Crippen LogP contribution in [0.15, 0.2) is 111 Å². The quantitative estimate of drug-likeness (QED) is 0.242. The average Bonchev–Trinajstić information content (AvgIpc) is 3.52. The second kappa shape index (κ2) is 7.74. The van der Waals surface area contributed by atoms with Gasteiger partial charge in [-0.15, -0.1) is 0 Å². The first kappa shape index (κ1) is 22.9. The lowest BCUT2D eigenvalue weighted by molar-refractivity contribution is -0.118. The molecule has 0 unspecified atom stereocenters. The SMILES string of the molecule is O=C1C2=C(c3ccccc31)N(c1ccc(Br)cc1)C1=C(C(=O)c3ccccc31)C21C(=O)Nc2ccc(Br)cc21. The number of benzene rings is 4. The van der Waals surface area contributed by atoms with Crippen LogP contribution in [0, 0.1) is 0 Å².